The van der Waals surface area contributed by atoms with Gasteiger partial charge in [0.1, 0.15) is 5.69 Å². The highest BCUT2D eigenvalue weighted by atomic mass is 16.6. The zero-order valence-electron chi connectivity index (χ0n) is 18.9. The number of esters is 1. The Morgan fingerprint density at radius 1 is 0.971 bits per heavy atom. The van der Waals surface area contributed by atoms with Crippen LogP contribution in [0.4, 0.5) is 11.4 Å². The van der Waals surface area contributed by atoms with E-state index in [0.29, 0.717) is 22.6 Å². The normalized spacial score (nSPS) is 11.3. The SMILES string of the molecule is COc1cc(C)ccc1OCC(=O)OC(C(=O)Nc1ccc(C)cc1[N+](=O)[O-])c1ccccc1. The molecular weight excluding hydrogens is 440 g/mol. The molecule has 0 spiro atoms. The highest BCUT2D eigenvalue weighted by Gasteiger charge is 2.27. The third-order valence-corrected chi connectivity index (χ3v) is 4.86. The van der Waals surface area contributed by atoms with E-state index in [0.717, 1.165) is 5.56 Å². The van der Waals surface area contributed by atoms with Crippen molar-refractivity contribution in [3.63, 3.8) is 0 Å². The van der Waals surface area contributed by atoms with E-state index < -0.39 is 29.5 Å². The summed E-state index contributed by atoms with van der Waals surface area (Å²) in [4.78, 5) is 36.4. The van der Waals surface area contributed by atoms with Crippen LogP contribution in [0, 0.1) is 24.0 Å². The fourth-order valence-corrected chi connectivity index (χ4v) is 3.19. The number of carbonyl (C=O) groups excluding carboxylic acids is 2. The summed E-state index contributed by atoms with van der Waals surface area (Å²) in [5, 5.41) is 13.9. The summed E-state index contributed by atoms with van der Waals surface area (Å²) in [6.07, 6.45) is -1.35. The highest BCUT2D eigenvalue weighted by molar-refractivity contribution is 5.97. The molecule has 9 nitrogen and oxygen atoms in total. The number of anilines is 1. The van der Waals surface area contributed by atoms with Gasteiger partial charge in [-0.15, -0.1) is 0 Å². The van der Waals surface area contributed by atoms with Gasteiger partial charge in [0, 0.05) is 11.6 Å². The first-order valence-corrected chi connectivity index (χ1v) is 10.4. The zero-order valence-corrected chi connectivity index (χ0v) is 18.9. The summed E-state index contributed by atoms with van der Waals surface area (Å²) in [6, 6.07) is 18.0. The maximum absolute atomic E-state index is 13.0. The Labute approximate surface area is 196 Å². The minimum absolute atomic E-state index is 0.00165. The Bertz CT molecular complexity index is 1200. The second-order valence-corrected chi connectivity index (χ2v) is 7.49. The topological polar surface area (TPSA) is 117 Å². The zero-order chi connectivity index (χ0) is 24.7. The molecule has 0 aromatic heterocycles. The molecule has 0 saturated carbocycles. The molecule has 0 aliphatic rings. The number of nitro benzene ring substituents is 1. The molecule has 1 N–H and O–H groups in total. The van der Waals surface area contributed by atoms with Gasteiger partial charge in [0.15, 0.2) is 18.1 Å². The van der Waals surface area contributed by atoms with E-state index in [4.69, 9.17) is 14.2 Å². The number of hydrogen-bond acceptors (Lipinski definition) is 7. The largest absolute Gasteiger partial charge is 0.493 e. The lowest BCUT2D eigenvalue weighted by Gasteiger charge is -2.18. The van der Waals surface area contributed by atoms with E-state index >= 15 is 0 Å². The van der Waals surface area contributed by atoms with Crippen molar-refractivity contribution < 1.29 is 28.7 Å². The first kappa shape index (κ1) is 24.2. The predicted molar refractivity (Wildman–Crippen MR) is 125 cm³/mol. The summed E-state index contributed by atoms with van der Waals surface area (Å²) < 4.78 is 16.2. The number of carbonyl (C=O) groups is 2. The van der Waals surface area contributed by atoms with Crippen molar-refractivity contribution in [1.82, 2.24) is 0 Å². The maximum Gasteiger partial charge on any atom is 0.345 e. The number of hydrogen-bond donors (Lipinski definition) is 1. The van der Waals surface area contributed by atoms with E-state index in [1.807, 2.05) is 6.92 Å². The molecule has 0 heterocycles. The van der Waals surface area contributed by atoms with Crippen molar-refractivity contribution in [2.45, 2.75) is 20.0 Å². The smallest absolute Gasteiger partial charge is 0.345 e. The number of nitrogens with zero attached hydrogens (tertiary/aromatic N) is 1. The van der Waals surface area contributed by atoms with Gasteiger partial charge in [0.05, 0.1) is 12.0 Å². The number of benzene rings is 3. The van der Waals surface area contributed by atoms with Gasteiger partial charge in [-0.25, -0.2) is 4.79 Å². The number of nitro groups is 1. The Morgan fingerprint density at radius 2 is 1.65 bits per heavy atom. The van der Waals surface area contributed by atoms with Gasteiger partial charge >= 0.3 is 5.97 Å². The van der Waals surface area contributed by atoms with Crippen molar-refractivity contribution in [3.8, 4) is 11.5 Å². The summed E-state index contributed by atoms with van der Waals surface area (Å²) in [7, 11) is 1.49. The number of ether oxygens (including phenoxy) is 3. The lowest BCUT2D eigenvalue weighted by atomic mass is 10.1. The van der Waals surface area contributed by atoms with Crippen LogP contribution < -0.4 is 14.8 Å². The van der Waals surface area contributed by atoms with Crippen LogP contribution in [0.15, 0.2) is 66.7 Å². The van der Waals surface area contributed by atoms with Crippen LogP contribution in [0.3, 0.4) is 0 Å². The molecule has 3 rings (SSSR count). The van der Waals surface area contributed by atoms with Gasteiger partial charge in [-0.2, -0.15) is 0 Å². The van der Waals surface area contributed by atoms with Crippen molar-refractivity contribution >= 4 is 23.3 Å². The third kappa shape index (κ3) is 6.10. The summed E-state index contributed by atoms with van der Waals surface area (Å²) >= 11 is 0. The number of amides is 1. The number of methoxy groups -OCH3 is 1. The average molecular weight is 464 g/mol. The molecular formula is C25H24N2O7. The number of nitrogens with one attached hydrogen (secondary N) is 1. The minimum atomic E-state index is -1.35. The van der Waals surface area contributed by atoms with Crippen molar-refractivity contribution in [3.05, 3.63) is 93.5 Å². The van der Waals surface area contributed by atoms with Crippen LogP contribution >= 0.6 is 0 Å². The van der Waals surface area contributed by atoms with Crippen LogP contribution in [-0.4, -0.2) is 30.5 Å². The van der Waals surface area contributed by atoms with Crippen LogP contribution in [-0.2, 0) is 14.3 Å². The Hall–Kier alpha value is -4.40. The highest BCUT2D eigenvalue weighted by Crippen LogP contribution is 2.29. The van der Waals surface area contributed by atoms with Crippen molar-refractivity contribution in [1.29, 1.82) is 0 Å². The molecule has 3 aromatic rings. The minimum Gasteiger partial charge on any atom is -0.493 e. The molecule has 0 bridgehead atoms. The van der Waals surface area contributed by atoms with Gasteiger partial charge in [-0.3, -0.25) is 14.9 Å². The predicted octanol–water partition coefficient (Wildman–Crippen LogP) is 4.52. The lowest BCUT2D eigenvalue weighted by Crippen LogP contribution is -2.28. The molecule has 0 aliphatic heterocycles. The van der Waals surface area contributed by atoms with Gasteiger partial charge in [0.2, 0.25) is 6.10 Å². The molecule has 1 amide bonds. The number of rotatable bonds is 9. The molecule has 0 saturated heterocycles. The third-order valence-electron chi connectivity index (χ3n) is 4.86. The van der Waals surface area contributed by atoms with E-state index in [1.54, 1.807) is 61.5 Å². The number of aryl methyl sites for hydroxylation is 2. The van der Waals surface area contributed by atoms with Gasteiger partial charge in [-0.05, 0) is 43.2 Å². The standard InChI is InChI=1S/C25H24N2O7/c1-16-9-11-19(20(13-16)27(30)31)26-25(29)24(18-7-5-4-6-8-18)34-23(28)15-33-21-12-10-17(2)14-22(21)32-3/h4-14,24H,15H2,1-3H3,(H,26,29). The molecule has 1 atom stereocenters. The van der Waals surface area contributed by atoms with Crippen LogP contribution in [0.25, 0.3) is 0 Å². The van der Waals surface area contributed by atoms with Crippen molar-refractivity contribution in [2.24, 2.45) is 0 Å². The molecule has 0 aliphatic carbocycles. The molecule has 0 radical (unpaired) electrons. The fourth-order valence-electron chi connectivity index (χ4n) is 3.19. The Morgan fingerprint density at radius 3 is 2.32 bits per heavy atom. The molecule has 34 heavy (non-hydrogen) atoms. The van der Waals surface area contributed by atoms with Gasteiger partial charge < -0.3 is 19.5 Å². The maximum atomic E-state index is 13.0. The fraction of sp³-hybridized carbons (Fsp3) is 0.200. The molecule has 176 valence electrons. The second kappa shape index (κ2) is 11.0. The van der Waals surface area contributed by atoms with Crippen LogP contribution in [0.1, 0.15) is 22.8 Å². The first-order chi connectivity index (χ1) is 16.3. The van der Waals surface area contributed by atoms with Gasteiger partial charge in [0.25, 0.3) is 11.6 Å². The summed E-state index contributed by atoms with van der Waals surface area (Å²) in [5.74, 6) is -0.734. The molecule has 1 unspecified atom stereocenters. The van der Waals surface area contributed by atoms with Gasteiger partial charge in [-0.1, -0.05) is 42.5 Å². The Kier molecular flexibility index (Phi) is 7.81. The second-order valence-electron chi connectivity index (χ2n) is 7.49. The molecule has 9 heteroatoms. The monoisotopic (exact) mass is 464 g/mol. The summed E-state index contributed by atoms with van der Waals surface area (Å²) in [5.41, 5.74) is 1.76. The van der Waals surface area contributed by atoms with E-state index in [1.165, 1.54) is 19.2 Å². The van der Waals surface area contributed by atoms with Crippen LogP contribution in [0.5, 0.6) is 11.5 Å². The van der Waals surface area contributed by atoms with Crippen molar-refractivity contribution in [2.75, 3.05) is 19.0 Å². The van der Waals surface area contributed by atoms with E-state index in [-0.39, 0.29) is 11.4 Å². The lowest BCUT2D eigenvalue weighted by molar-refractivity contribution is -0.384. The quantitative estimate of drug-likeness (QED) is 0.281. The van der Waals surface area contributed by atoms with E-state index in [9.17, 15) is 19.7 Å². The summed E-state index contributed by atoms with van der Waals surface area (Å²) in [6.45, 7) is 3.12. The molecule has 0 fully saturated rings. The van der Waals surface area contributed by atoms with E-state index in [2.05, 4.69) is 5.32 Å². The van der Waals surface area contributed by atoms with Crippen LogP contribution in [0.2, 0.25) is 0 Å². The Balaban J connectivity index is 1.77. The first-order valence-electron chi connectivity index (χ1n) is 10.4. The average Bonchev–Trinajstić information content (AvgIpc) is 2.83. The molecule has 3 aromatic carbocycles.